The molecule has 0 radical (unpaired) electrons. The normalized spacial score (nSPS) is 11.2. The van der Waals surface area contributed by atoms with Gasteiger partial charge in [0.25, 0.3) is 5.56 Å². The van der Waals surface area contributed by atoms with Crippen LogP contribution in [0.25, 0.3) is 11.4 Å². The molecule has 0 saturated heterocycles. The maximum atomic E-state index is 12.5. The first-order valence-corrected chi connectivity index (χ1v) is 6.65. The van der Waals surface area contributed by atoms with Gasteiger partial charge in [0, 0.05) is 19.3 Å². The van der Waals surface area contributed by atoms with Crippen molar-refractivity contribution in [2.45, 2.75) is 27.3 Å². The molecule has 6 heteroatoms. The Bertz CT molecular complexity index is 708. The number of H-pyrrole nitrogens is 1. The van der Waals surface area contributed by atoms with Crippen molar-refractivity contribution < 1.29 is 0 Å². The van der Waals surface area contributed by atoms with E-state index in [9.17, 15) is 4.79 Å². The van der Waals surface area contributed by atoms with E-state index in [0.29, 0.717) is 28.6 Å². The Morgan fingerprint density at radius 2 is 2.11 bits per heavy atom. The van der Waals surface area contributed by atoms with Crippen molar-refractivity contribution in [2.75, 3.05) is 0 Å². The lowest BCUT2D eigenvalue weighted by Gasteiger charge is -2.13. The summed E-state index contributed by atoms with van der Waals surface area (Å²) in [7, 11) is 1.80. The molecule has 5 nitrogen and oxygen atoms in total. The van der Waals surface area contributed by atoms with E-state index in [1.165, 1.54) is 0 Å². The first-order chi connectivity index (χ1) is 8.91. The Balaban J connectivity index is 2.64. The fraction of sp³-hybridized carbons (Fsp3) is 0.462. The molecule has 1 N–H and O–H groups in total. The van der Waals surface area contributed by atoms with Crippen LogP contribution in [0.15, 0.2) is 16.9 Å². The van der Waals surface area contributed by atoms with Gasteiger partial charge in [0.15, 0.2) is 10.6 Å². The number of hydrogen-bond acceptors (Lipinski definition) is 3. The second-order valence-corrected chi connectivity index (χ2v) is 5.50. The van der Waals surface area contributed by atoms with E-state index in [-0.39, 0.29) is 5.56 Å². The topological polar surface area (TPSA) is 55.6 Å². The van der Waals surface area contributed by atoms with E-state index in [4.69, 9.17) is 12.2 Å². The highest BCUT2D eigenvalue weighted by Gasteiger charge is 2.13. The summed E-state index contributed by atoms with van der Waals surface area (Å²) in [6, 6.07) is 3.75. The van der Waals surface area contributed by atoms with Crippen molar-refractivity contribution >= 4 is 12.2 Å². The minimum atomic E-state index is -0.0224. The lowest BCUT2D eigenvalue weighted by molar-refractivity contribution is 0.502. The zero-order valence-electron chi connectivity index (χ0n) is 11.6. The third-order valence-electron chi connectivity index (χ3n) is 3.06. The van der Waals surface area contributed by atoms with Gasteiger partial charge in [-0.25, -0.2) is 0 Å². The molecule has 0 aliphatic carbocycles. The molecule has 0 fully saturated rings. The molecule has 2 aromatic heterocycles. The number of aryl methyl sites for hydroxylation is 1. The third-order valence-corrected chi connectivity index (χ3v) is 3.43. The highest BCUT2D eigenvalue weighted by molar-refractivity contribution is 7.71. The summed E-state index contributed by atoms with van der Waals surface area (Å²) in [5, 5.41) is 6.83. The van der Waals surface area contributed by atoms with Crippen LogP contribution in [-0.4, -0.2) is 19.3 Å². The first-order valence-electron chi connectivity index (χ1n) is 6.24. The minimum Gasteiger partial charge on any atom is -0.312 e. The molecule has 0 aromatic carbocycles. The maximum absolute atomic E-state index is 12.5. The molecular formula is C13H18N4OS. The van der Waals surface area contributed by atoms with Crippen LogP contribution < -0.4 is 5.56 Å². The number of nitrogens with one attached hydrogen (secondary N) is 1. The molecule has 0 bridgehead atoms. The average molecular weight is 278 g/mol. The SMILES string of the molecule is Cc1ccc(-c2n[nH]c(=S)n2C)c(=O)n1CC(C)C. The summed E-state index contributed by atoms with van der Waals surface area (Å²) in [6.07, 6.45) is 0. The summed E-state index contributed by atoms with van der Waals surface area (Å²) in [5.41, 5.74) is 1.51. The van der Waals surface area contributed by atoms with Gasteiger partial charge in [0.2, 0.25) is 0 Å². The molecule has 0 spiro atoms. The Hall–Kier alpha value is -1.69. The van der Waals surface area contributed by atoms with Crippen LogP contribution in [0, 0.1) is 17.6 Å². The number of hydrogen-bond donors (Lipinski definition) is 1. The van der Waals surface area contributed by atoms with Gasteiger partial charge in [-0.3, -0.25) is 9.89 Å². The van der Waals surface area contributed by atoms with Gasteiger partial charge in [0.1, 0.15) is 0 Å². The van der Waals surface area contributed by atoms with Crippen LogP contribution in [-0.2, 0) is 13.6 Å². The summed E-state index contributed by atoms with van der Waals surface area (Å²) in [6.45, 7) is 6.83. The van der Waals surface area contributed by atoms with Gasteiger partial charge in [-0.05, 0) is 37.2 Å². The minimum absolute atomic E-state index is 0.0224. The van der Waals surface area contributed by atoms with Crippen molar-refractivity contribution in [1.29, 1.82) is 0 Å². The number of rotatable bonds is 3. The molecule has 2 heterocycles. The lowest BCUT2D eigenvalue weighted by atomic mass is 10.2. The lowest BCUT2D eigenvalue weighted by Crippen LogP contribution is -2.26. The Kier molecular flexibility index (Phi) is 3.71. The smallest absolute Gasteiger partial charge is 0.261 e. The van der Waals surface area contributed by atoms with Crippen molar-refractivity contribution in [1.82, 2.24) is 19.3 Å². The van der Waals surface area contributed by atoms with Crippen LogP contribution in [0.5, 0.6) is 0 Å². The highest BCUT2D eigenvalue weighted by atomic mass is 32.1. The van der Waals surface area contributed by atoms with E-state index in [2.05, 4.69) is 24.0 Å². The zero-order chi connectivity index (χ0) is 14.2. The number of nitrogens with zero attached hydrogens (tertiary/aromatic N) is 3. The molecule has 2 aromatic rings. The third kappa shape index (κ3) is 2.53. The first kappa shape index (κ1) is 13.7. The van der Waals surface area contributed by atoms with Gasteiger partial charge in [-0.15, -0.1) is 0 Å². The zero-order valence-corrected chi connectivity index (χ0v) is 12.4. The summed E-state index contributed by atoms with van der Waals surface area (Å²) < 4.78 is 4.00. The Labute approximate surface area is 116 Å². The second-order valence-electron chi connectivity index (χ2n) is 5.11. The van der Waals surface area contributed by atoms with Gasteiger partial charge in [0.05, 0.1) is 5.56 Å². The molecule has 0 unspecified atom stereocenters. The van der Waals surface area contributed by atoms with E-state index in [0.717, 1.165) is 5.69 Å². The standard InChI is InChI=1S/C13H18N4OS/c1-8(2)7-17-9(3)5-6-10(12(17)18)11-14-15-13(19)16(11)4/h5-6,8H,7H2,1-4H3,(H,15,19). The molecule has 0 aliphatic heterocycles. The van der Waals surface area contributed by atoms with E-state index < -0.39 is 0 Å². The van der Waals surface area contributed by atoms with Crippen LogP contribution in [0.4, 0.5) is 0 Å². The molecule has 19 heavy (non-hydrogen) atoms. The van der Waals surface area contributed by atoms with Crippen LogP contribution in [0.2, 0.25) is 0 Å². The van der Waals surface area contributed by atoms with E-state index in [1.54, 1.807) is 22.2 Å². The molecule has 2 rings (SSSR count). The fourth-order valence-corrected chi connectivity index (χ4v) is 2.15. The fourth-order valence-electron chi connectivity index (χ4n) is 2.02. The predicted octanol–water partition coefficient (Wildman–Crippen LogP) is 2.27. The maximum Gasteiger partial charge on any atom is 0.261 e. The molecule has 0 amide bonds. The predicted molar refractivity (Wildman–Crippen MR) is 77.7 cm³/mol. The van der Waals surface area contributed by atoms with E-state index >= 15 is 0 Å². The second kappa shape index (κ2) is 5.13. The summed E-state index contributed by atoms with van der Waals surface area (Å²) in [4.78, 5) is 12.5. The number of aromatic amines is 1. The highest BCUT2D eigenvalue weighted by Crippen LogP contribution is 2.13. The summed E-state index contributed by atoms with van der Waals surface area (Å²) >= 11 is 5.08. The number of pyridine rings is 1. The summed E-state index contributed by atoms with van der Waals surface area (Å²) in [5.74, 6) is 0.988. The van der Waals surface area contributed by atoms with Crippen molar-refractivity contribution in [3.8, 4) is 11.4 Å². The van der Waals surface area contributed by atoms with Gasteiger partial charge in [-0.1, -0.05) is 13.8 Å². The Morgan fingerprint density at radius 3 is 2.63 bits per heavy atom. The quantitative estimate of drug-likeness (QED) is 0.876. The van der Waals surface area contributed by atoms with Crippen molar-refractivity contribution in [2.24, 2.45) is 13.0 Å². The van der Waals surface area contributed by atoms with E-state index in [1.807, 2.05) is 13.0 Å². The molecule has 102 valence electrons. The monoisotopic (exact) mass is 278 g/mol. The van der Waals surface area contributed by atoms with Gasteiger partial charge < -0.3 is 9.13 Å². The molecule has 0 aliphatic rings. The van der Waals surface area contributed by atoms with Gasteiger partial charge in [-0.2, -0.15) is 5.10 Å². The van der Waals surface area contributed by atoms with Crippen molar-refractivity contribution in [3.63, 3.8) is 0 Å². The molecular weight excluding hydrogens is 260 g/mol. The number of aromatic nitrogens is 4. The molecule has 0 atom stereocenters. The largest absolute Gasteiger partial charge is 0.312 e. The molecule has 0 saturated carbocycles. The van der Waals surface area contributed by atoms with Crippen molar-refractivity contribution in [3.05, 3.63) is 33.0 Å². The van der Waals surface area contributed by atoms with Crippen LogP contribution in [0.3, 0.4) is 0 Å². The van der Waals surface area contributed by atoms with Crippen LogP contribution >= 0.6 is 12.2 Å². The van der Waals surface area contributed by atoms with Crippen LogP contribution in [0.1, 0.15) is 19.5 Å². The Morgan fingerprint density at radius 1 is 1.42 bits per heavy atom. The average Bonchev–Trinajstić information content (AvgIpc) is 2.66. The van der Waals surface area contributed by atoms with Gasteiger partial charge >= 0.3 is 0 Å².